The summed E-state index contributed by atoms with van der Waals surface area (Å²) in [6.07, 6.45) is 6.32. The van der Waals surface area contributed by atoms with E-state index in [1.807, 2.05) is 0 Å². The molecule has 0 saturated heterocycles. The highest BCUT2D eigenvalue weighted by molar-refractivity contribution is 9.10. The van der Waals surface area contributed by atoms with Gasteiger partial charge in [-0.05, 0) is 95.6 Å². The van der Waals surface area contributed by atoms with Gasteiger partial charge in [-0.2, -0.15) is 0 Å². The first kappa shape index (κ1) is 26.5. The maximum absolute atomic E-state index is 13.7. The van der Waals surface area contributed by atoms with Crippen LogP contribution in [0.1, 0.15) is 36.8 Å². The van der Waals surface area contributed by atoms with Crippen LogP contribution in [-0.4, -0.2) is 34.8 Å². The summed E-state index contributed by atoms with van der Waals surface area (Å²) >= 11 is 3.11. The smallest absolute Gasteiger partial charge is 0.245 e. The number of benzene rings is 2. The molecule has 2 aromatic carbocycles. The number of nitrogens with two attached hydrogens (primary N) is 1. The van der Waals surface area contributed by atoms with Gasteiger partial charge in [0.25, 0.3) is 0 Å². The van der Waals surface area contributed by atoms with E-state index in [1.165, 1.54) is 42.5 Å². The minimum Gasteiger partial charge on any atom is -0.369 e. The summed E-state index contributed by atoms with van der Waals surface area (Å²) in [5.41, 5.74) is 6.52. The second kappa shape index (κ2) is 11.2. The number of hydrogen-bond acceptors (Lipinski definition) is 3. The van der Waals surface area contributed by atoms with Crippen molar-refractivity contribution in [1.82, 2.24) is 15.6 Å². The Bertz CT molecular complexity index is 1360. The lowest BCUT2D eigenvalue weighted by Gasteiger charge is -2.38. The zero-order chi connectivity index (χ0) is 26.6. The predicted octanol–water partition coefficient (Wildman–Crippen LogP) is 4.11. The van der Waals surface area contributed by atoms with Crippen molar-refractivity contribution in [3.63, 3.8) is 0 Å². The van der Waals surface area contributed by atoms with Crippen molar-refractivity contribution in [2.45, 2.75) is 37.6 Å². The minimum atomic E-state index is -1.21. The Morgan fingerprint density at radius 2 is 1.89 bits per heavy atom. The summed E-state index contributed by atoms with van der Waals surface area (Å²) in [5.74, 6) is -2.37. The number of amides is 3. The Morgan fingerprint density at radius 1 is 1.14 bits per heavy atom. The third-order valence-electron chi connectivity index (χ3n) is 6.82. The van der Waals surface area contributed by atoms with E-state index in [0.29, 0.717) is 24.8 Å². The summed E-state index contributed by atoms with van der Waals surface area (Å²) in [4.78, 5) is 40.9. The maximum Gasteiger partial charge on any atom is 0.245 e. The zero-order valence-corrected chi connectivity index (χ0v) is 21.5. The lowest BCUT2D eigenvalue weighted by Crippen LogP contribution is -2.60. The Morgan fingerprint density at radius 3 is 2.59 bits per heavy atom. The molecular weight excluding hydrogens is 546 g/mol. The van der Waals surface area contributed by atoms with Gasteiger partial charge in [-0.25, -0.2) is 8.78 Å². The van der Waals surface area contributed by atoms with Crippen molar-refractivity contribution >= 4 is 50.6 Å². The molecule has 7 nitrogen and oxygen atoms in total. The van der Waals surface area contributed by atoms with E-state index >= 15 is 0 Å². The van der Waals surface area contributed by atoms with Gasteiger partial charge in [0.15, 0.2) is 0 Å². The lowest BCUT2D eigenvalue weighted by atomic mass is 9.75. The number of nitrogens with one attached hydrogen (secondary N) is 3. The Hall–Kier alpha value is -3.53. The summed E-state index contributed by atoms with van der Waals surface area (Å²) in [6, 6.07) is 8.83. The molecule has 3 aromatic rings. The highest BCUT2D eigenvalue weighted by Crippen LogP contribution is 2.32. The van der Waals surface area contributed by atoms with E-state index in [1.54, 1.807) is 12.3 Å². The van der Waals surface area contributed by atoms with Crippen molar-refractivity contribution in [2.24, 2.45) is 11.7 Å². The van der Waals surface area contributed by atoms with E-state index in [0.717, 1.165) is 16.5 Å². The first-order valence-corrected chi connectivity index (χ1v) is 12.7. The van der Waals surface area contributed by atoms with Crippen LogP contribution in [0.25, 0.3) is 17.0 Å². The van der Waals surface area contributed by atoms with Gasteiger partial charge in [-0.1, -0.05) is 6.07 Å². The van der Waals surface area contributed by atoms with Gasteiger partial charge in [0.1, 0.15) is 17.2 Å². The largest absolute Gasteiger partial charge is 0.369 e. The number of aromatic amines is 1. The molecule has 0 spiro atoms. The molecule has 3 amide bonds. The minimum absolute atomic E-state index is 0.256. The summed E-state index contributed by atoms with van der Waals surface area (Å²) in [7, 11) is 0. The van der Waals surface area contributed by atoms with Crippen LogP contribution >= 0.6 is 15.9 Å². The zero-order valence-electron chi connectivity index (χ0n) is 20.0. The molecule has 37 heavy (non-hydrogen) atoms. The Balaban J connectivity index is 1.44. The Kier molecular flexibility index (Phi) is 8.06. The topological polar surface area (TPSA) is 117 Å². The molecule has 1 aliphatic carbocycles. The molecule has 194 valence electrons. The van der Waals surface area contributed by atoms with Crippen LogP contribution in [0.15, 0.2) is 53.1 Å². The van der Waals surface area contributed by atoms with E-state index in [2.05, 4.69) is 31.5 Å². The summed E-state index contributed by atoms with van der Waals surface area (Å²) < 4.78 is 27.4. The number of rotatable bonds is 8. The van der Waals surface area contributed by atoms with Crippen LogP contribution in [0.2, 0.25) is 0 Å². The third kappa shape index (κ3) is 6.25. The molecule has 1 fully saturated rings. The molecule has 0 unspecified atom stereocenters. The van der Waals surface area contributed by atoms with Gasteiger partial charge in [0, 0.05) is 35.6 Å². The van der Waals surface area contributed by atoms with E-state index in [-0.39, 0.29) is 41.5 Å². The summed E-state index contributed by atoms with van der Waals surface area (Å²) in [6.45, 7) is 0.276. The fourth-order valence-electron chi connectivity index (χ4n) is 4.71. The molecule has 1 aromatic heterocycles. The molecule has 0 radical (unpaired) electrons. The summed E-state index contributed by atoms with van der Waals surface area (Å²) in [5, 5.41) is 6.48. The highest BCUT2D eigenvalue weighted by atomic mass is 79.9. The number of H-pyrrole nitrogens is 1. The molecule has 0 atom stereocenters. The number of fused-ring (bicyclic) bond motifs is 1. The van der Waals surface area contributed by atoms with Gasteiger partial charge in [0.05, 0.1) is 4.47 Å². The van der Waals surface area contributed by atoms with E-state index in [9.17, 15) is 23.2 Å². The SMILES string of the molecule is NC(=O)C1CCC(NC(=O)C=Cc2ccc(F)c(Br)c2)(C(=O)NCCc2c[nH]c3ccc(F)cc23)CC1. The normalized spacial score (nSPS) is 19.7. The molecule has 1 heterocycles. The van der Waals surface area contributed by atoms with E-state index < -0.39 is 23.2 Å². The average molecular weight is 573 g/mol. The molecule has 4 rings (SSSR count). The highest BCUT2D eigenvalue weighted by Gasteiger charge is 2.43. The quantitative estimate of drug-likeness (QED) is 0.304. The van der Waals surface area contributed by atoms with Gasteiger partial charge < -0.3 is 21.4 Å². The van der Waals surface area contributed by atoms with Crippen molar-refractivity contribution in [3.8, 4) is 0 Å². The fourth-order valence-corrected chi connectivity index (χ4v) is 5.10. The van der Waals surface area contributed by atoms with Gasteiger partial charge in [-0.3, -0.25) is 14.4 Å². The average Bonchev–Trinajstić information content (AvgIpc) is 3.27. The molecule has 1 saturated carbocycles. The van der Waals surface area contributed by atoms with Gasteiger partial charge in [0.2, 0.25) is 17.7 Å². The van der Waals surface area contributed by atoms with Crippen LogP contribution in [0.3, 0.4) is 0 Å². The van der Waals surface area contributed by atoms with E-state index in [4.69, 9.17) is 5.73 Å². The van der Waals surface area contributed by atoms with Crippen molar-refractivity contribution in [3.05, 3.63) is 75.9 Å². The molecule has 1 aliphatic rings. The number of aromatic nitrogens is 1. The van der Waals surface area contributed by atoms with Crippen molar-refractivity contribution in [2.75, 3.05) is 6.54 Å². The number of carbonyl (C=O) groups is 3. The second-order valence-electron chi connectivity index (χ2n) is 9.26. The number of halogens is 3. The van der Waals surface area contributed by atoms with Crippen molar-refractivity contribution < 1.29 is 23.2 Å². The standard InChI is InChI=1S/C27H27BrF2N4O3/c28-21-13-16(1-4-22(21)30)2-6-24(35)34-27(10-7-17(8-11-27)25(31)36)26(37)32-12-9-18-15-33-23-5-3-19(29)14-20(18)23/h1-6,13-15,17,33H,7-12H2,(H2,31,36)(H,32,37)(H,34,35). The van der Waals surface area contributed by atoms with Crippen LogP contribution in [-0.2, 0) is 20.8 Å². The second-order valence-corrected chi connectivity index (χ2v) is 10.1. The lowest BCUT2D eigenvalue weighted by molar-refractivity contribution is -0.135. The van der Waals surface area contributed by atoms with Gasteiger partial charge >= 0.3 is 0 Å². The van der Waals surface area contributed by atoms with Crippen molar-refractivity contribution in [1.29, 1.82) is 0 Å². The van der Waals surface area contributed by atoms with Crippen LogP contribution in [0.4, 0.5) is 8.78 Å². The fraction of sp³-hybridized carbons (Fsp3) is 0.296. The molecular formula is C27H27BrF2N4O3. The molecule has 0 aliphatic heterocycles. The first-order chi connectivity index (χ1) is 17.7. The molecule has 0 bridgehead atoms. The molecule has 10 heteroatoms. The number of hydrogen-bond donors (Lipinski definition) is 4. The van der Waals surface area contributed by atoms with Crippen LogP contribution < -0.4 is 16.4 Å². The predicted molar refractivity (Wildman–Crippen MR) is 140 cm³/mol. The molecule has 5 N–H and O–H groups in total. The van der Waals surface area contributed by atoms with Gasteiger partial charge in [-0.15, -0.1) is 0 Å². The number of primary amides is 1. The maximum atomic E-state index is 13.7. The number of carbonyl (C=O) groups excluding carboxylic acids is 3. The first-order valence-electron chi connectivity index (χ1n) is 12.0. The van der Waals surface area contributed by atoms with Crippen LogP contribution in [0, 0.1) is 17.6 Å². The Labute approximate surface area is 221 Å². The van der Waals surface area contributed by atoms with Crippen LogP contribution in [0.5, 0.6) is 0 Å². The third-order valence-corrected chi connectivity index (χ3v) is 7.43. The monoisotopic (exact) mass is 572 g/mol.